The fourth-order valence-corrected chi connectivity index (χ4v) is 2.34. The van der Waals surface area contributed by atoms with Gasteiger partial charge in [0.15, 0.2) is 5.82 Å². The van der Waals surface area contributed by atoms with Crippen molar-refractivity contribution >= 4 is 5.91 Å². The monoisotopic (exact) mass is 318 g/mol. The highest BCUT2D eigenvalue weighted by atomic mass is 16.5. The number of likely N-dealkylation sites (tertiary alicyclic amines) is 1. The molecule has 0 spiro atoms. The van der Waals surface area contributed by atoms with Crippen LogP contribution in [0.2, 0.25) is 0 Å². The molecule has 0 N–H and O–H groups in total. The van der Waals surface area contributed by atoms with E-state index < -0.39 is 0 Å². The summed E-state index contributed by atoms with van der Waals surface area (Å²) in [4.78, 5) is 22.4. The molecule has 23 heavy (non-hydrogen) atoms. The summed E-state index contributed by atoms with van der Waals surface area (Å²) in [7, 11) is 3.17. The van der Waals surface area contributed by atoms with Crippen molar-refractivity contribution < 1.29 is 18.8 Å². The smallest absolute Gasteiger partial charge is 0.255 e. The van der Waals surface area contributed by atoms with Crippen molar-refractivity contribution in [2.75, 3.05) is 33.9 Å². The van der Waals surface area contributed by atoms with Crippen molar-refractivity contribution in [1.29, 1.82) is 0 Å². The van der Waals surface area contributed by atoms with E-state index in [-0.39, 0.29) is 11.8 Å². The van der Waals surface area contributed by atoms with Gasteiger partial charge < -0.3 is 18.9 Å². The van der Waals surface area contributed by atoms with Crippen LogP contribution >= 0.6 is 0 Å². The number of hydrogen-bond donors (Lipinski definition) is 0. The predicted octanol–water partition coefficient (Wildman–Crippen LogP) is 0.902. The molecular weight excluding hydrogens is 300 g/mol. The van der Waals surface area contributed by atoms with Gasteiger partial charge in [-0.25, -0.2) is 4.98 Å². The van der Waals surface area contributed by atoms with Crippen LogP contribution in [0.3, 0.4) is 0 Å². The molecule has 3 rings (SSSR count). The standard InChI is InChI=1S/C15H18N4O4/c1-21-6-5-12-17-14(23-18-12)11-8-19(9-11)15(20)10-3-4-13(22-2)16-7-10/h3-4,7,11H,5-6,8-9H2,1-2H3. The minimum atomic E-state index is -0.0597. The van der Waals surface area contributed by atoms with Crippen molar-refractivity contribution in [2.24, 2.45) is 0 Å². The summed E-state index contributed by atoms with van der Waals surface area (Å²) >= 11 is 0. The summed E-state index contributed by atoms with van der Waals surface area (Å²) in [6.07, 6.45) is 2.14. The lowest BCUT2D eigenvalue weighted by atomic mass is 9.99. The Kier molecular flexibility index (Phi) is 4.52. The molecular formula is C15H18N4O4. The Hall–Kier alpha value is -2.48. The number of nitrogens with zero attached hydrogens (tertiary/aromatic N) is 4. The molecule has 1 amide bonds. The van der Waals surface area contributed by atoms with Crippen molar-refractivity contribution in [2.45, 2.75) is 12.3 Å². The minimum Gasteiger partial charge on any atom is -0.481 e. The van der Waals surface area contributed by atoms with Gasteiger partial charge >= 0.3 is 0 Å². The van der Waals surface area contributed by atoms with E-state index in [9.17, 15) is 4.79 Å². The largest absolute Gasteiger partial charge is 0.481 e. The maximum absolute atomic E-state index is 12.3. The lowest BCUT2D eigenvalue weighted by Gasteiger charge is -2.37. The summed E-state index contributed by atoms with van der Waals surface area (Å²) in [6, 6.07) is 3.38. The van der Waals surface area contributed by atoms with Gasteiger partial charge in [-0.05, 0) is 6.07 Å². The fraction of sp³-hybridized carbons (Fsp3) is 0.467. The Morgan fingerprint density at radius 1 is 1.39 bits per heavy atom. The maximum Gasteiger partial charge on any atom is 0.255 e. The SMILES string of the molecule is COCCc1noc(C2CN(C(=O)c3ccc(OC)nc3)C2)n1. The van der Waals surface area contributed by atoms with Crippen LogP contribution in [-0.2, 0) is 11.2 Å². The highest BCUT2D eigenvalue weighted by molar-refractivity contribution is 5.94. The van der Waals surface area contributed by atoms with Crippen molar-refractivity contribution in [1.82, 2.24) is 20.0 Å². The van der Waals surface area contributed by atoms with Crippen LogP contribution in [0.1, 0.15) is 28.0 Å². The van der Waals surface area contributed by atoms with Crippen LogP contribution in [0.4, 0.5) is 0 Å². The molecule has 0 atom stereocenters. The molecule has 2 aromatic rings. The van der Waals surface area contributed by atoms with Crippen LogP contribution in [0.25, 0.3) is 0 Å². The molecule has 0 aliphatic carbocycles. The van der Waals surface area contributed by atoms with Crippen LogP contribution in [0, 0.1) is 0 Å². The third-order valence-electron chi connectivity index (χ3n) is 3.72. The third kappa shape index (κ3) is 3.31. The first-order valence-electron chi connectivity index (χ1n) is 7.32. The van der Waals surface area contributed by atoms with Gasteiger partial charge in [-0.2, -0.15) is 4.98 Å². The number of pyridine rings is 1. The maximum atomic E-state index is 12.3. The lowest BCUT2D eigenvalue weighted by Crippen LogP contribution is -2.48. The Morgan fingerprint density at radius 2 is 2.22 bits per heavy atom. The van der Waals surface area contributed by atoms with Crippen molar-refractivity contribution in [3.05, 3.63) is 35.6 Å². The zero-order valence-corrected chi connectivity index (χ0v) is 13.1. The van der Waals surface area contributed by atoms with Crippen LogP contribution in [0.5, 0.6) is 5.88 Å². The molecule has 0 aromatic carbocycles. The van der Waals surface area contributed by atoms with E-state index in [4.69, 9.17) is 14.0 Å². The predicted molar refractivity (Wildman–Crippen MR) is 79.3 cm³/mol. The van der Waals surface area contributed by atoms with E-state index in [0.717, 1.165) is 0 Å². The van der Waals surface area contributed by atoms with E-state index in [2.05, 4.69) is 15.1 Å². The van der Waals surface area contributed by atoms with Crippen molar-refractivity contribution in [3.63, 3.8) is 0 Å². The molecule has 1 aliphatic rings. The molecule has 8 heteroatoms. The Labute approximate surface area is 133 Å². The molecule has 1 aliphatic heterocycles. The zero-order chi connectivity index (χ0) is 16.2. The average Bonchev–Trinajstić information content (AvgIpc) is 3.00. The highest BCUT2D eigenvalue weighted by Gasteiger charge is 2.36. The molecule has 0 saturated carbocycles. The topological polar surface area (TPSA) is 90.6 Å². The molecule has 1 fully saturated rings. The number of carbonyl (C=O) groups is 1. The van der Waals surface area contributed by atoms with Crippen molar-refractivity contribution in [3.8, 4) is 5.88 Å². The van der Waals surface area contributed by atoms with Gasteiger partial charge in [-0.15, -0.1) is 0 Å². The average molecular weight is 318 g/mol. The normalized spacial score (nSPS) is 14.6. The number of aromatic nitrogens is 3. The van der Waals surface area contributed by atoms with Gasteiger partial charge in [0.1, 0.15) is 0 Å². The van der Waals surface area contributed by atoms with Gasteiger partial charge in [0.05, 0.1) is 25.2 Å². The van der Waals surface area contributed by atoms with Crippen LogP contribution in [0.15, 0.2) is 22.9 Å². The van der Waals surface area contributed by atoms with E-state index in [1.165, 1.54) is 13.3 Å². The summed E-state index contributed by atoms with van der Waals surface area (Å²) in [6.45, 7) is 1.69. The third-order valence-corrected chi connectivity index (χ3v) is 3.72. The van der Waals surface area contributed by atoms with Gasteiger partial charge in [0.25, 0.3) is 5.91 Å². The first-order chi connectivity index (χ1) is 11.2. The molecule has 0 bridgehead atoms. The van der Waals surface area contributed by atoms with Gasteiger partial charge in [-0.1, -0.05) is 5.16 Å². The Morgan fingerprint density at radius 3 is 2.87 bits per heavy atom. The van der Waals surface area contributed by atoms with Gasteiger partial charge in [0.2, 0.25) is 11.8 Å². The van der Waals surface area contributed by atoms with Crippen LogP contribution < -0.4 is 4.74 Å². The molecule has 122 valence electrons. The van der Waals surface area contributed by atoms with Crippen LogP contribution in [-0.4, -0.2) is 59.8 Å². The van der Waals surface area contributed by atoms with Gasteiger partial charge in [0, 0.05) is 38.9 Å². The molecule has 2 aromatic heterocycles. The molecule has 1 saturated heterocycles. The van der Waals surface area contributed by atoms with Gasteiger partial charge in [-0.3, -0.25) is 4.79 Å². The second-order valence-electron chi connectivity index (χ2n) is 5.29. The first kappa shape index (κ1) is 15.4. The summed E-state index contributed by atoms with van der Waals surface area (Å²) < 4.78 is 15.2. The number of carbonyl (C=O) groups excluding carboxylic acids is 1. The summed E-state index contributed by atoms with van der Waals surface area (Å²) in [5.41, 5.74) is 0.538. The zero-order valence-electron chi connectivity index (χ0n) is 13.1. The number of ether oxygens (including phenoxy) is 2. The fourth-order valence-electron chi connectivity index (χ4n) is 2.34. The second kappa shape index (κ2) is 6.74. The number of methoxy groups -OCH3 is 2. The highest BCUT2D eigenvalue weighted by Crippen LogP contribution is 2.27. The number of amides is 1. The summed E-state index contributed by atoms with van der Waals surface area (Å²) in [5, 5.41) is 3.91. The first-order valence-corrected chi connectivity index (χ1v) is 7.32. The Balaban J connectivity index is 1.55. The quantitative estimate of drug-likeness (QED) is 0.781. The number of hydrogen-bond acceptors (Lipinski definition) is 7. The minimum absolute atomic E-state index is 0.0597. The molecule has 0 radical (unpaired) electrons. The molecule has 0 unspecified atom stereocenters. The number of rotatable bonds is 6. The van der Waals surface area contributed by atoms with E-state index in [1.807, 2.05) is 0 Å². The van der Waals surface area contributed by atoms with E-state index in [0.29, 0.717) is 49.3 Å². The molecule has 3 heterocycles. The summed E-state index contributed by atoms with van der Waals surface area (Å²) in [5.74, 6) is 1.72. The Bertz CT molecular complexity index is 664. The van der Waals surface area contributed by atoms with E-state index in [1.54, 1.807) is 24.1 Å². The second-order valence-corrected chi connectivity index (χ2v) is 5.29. The van der Waals surface area contributed by atoms with E-state index >= 15 is 0 Å². The molecule has 8 nitrogen and oxygen atoms in total. The lowest BCUT2D eigenvalue weighted by molar-refractivity contribution is 0.0568.